The third-order valence-corrected chi connectivity index (χ3v) is 7.54. The second-order valence-corrected chi connectivity index (χ2v) is 9.49. The molecule has 0 atom stereocenters. The summed E-state index contributed by atoms with van der Waals surface area (Å²) in [5, 5.41) is 0. The van der Waals surface area contributed by atoms with E-state index in [0.29, 0.717) is 30.9 Å². The normalized spacial score (nSPS) is 14.0. The van der Waals surface area contributed by atoms with Crippen molar-refractivity contribution in [2.45, 2.75) is 18.2 Å². The van der Waals surface area contributed by atoms with E-state index in [9.17, 15) is 13.2 Å². The number of rotatable bonds is 6. The summed E-state index contributed by atoms with van der Waals surface area (Å²) in [6.07, 6.45) is 2.84. The van der Waals surface area contributed by atoms with Gasteiger partial charge in [-0.1, -0.05) is 60.7 Å². The number of hydrogen-bond acceptors (Lipinski definition) is 3. The quantitative estimate of drug-likeness (QED) is 0.545. The molecule has 164 valence electrons. The van der Waals surface area contributed by atoms with Gasteiger partial charge in [0, 0.05) is 25.2 Å². The summed E-state index contributed by atoms with van der Waals surface area (Å²) in [7, 11) is -3.79. The molecule has 0 saturated heterocycles. The molecule has 0 saturated carbocycles. The summed E-state index contributed by atoms with van der Waals surface area (Å²) >= 11 is 0. The topological polar surface area (TPSA) is 57.7 Å². The Kier molecular flexibility index (Phi) is 6.42. The lowest BCUT2D eigenvalue weighted by atomic mass is 9.99. The summed E-state index contributed by atoms with van der Waals surface area (Å²) < 4.78 is 28.0. The maximum atomic E-state index is 13.3. The molecule has 1 aliphatic rings. The zero-order valence-electron chi connectivity index (χ0n) is 18.0. The highest BCUT2D eigenvalue weighted by Gasteiger charge is 2.26. The number of benzene rings is 3. The number of hydrogen-bond donors (Lipinski definition) is 0. The number of carbonyl (C=O) groups is 1. The number of carbonyl (C=O) groups excluding carboxylic acids is 1. The largest absolute Gasteiger partial charge is 0.335 e. The Morgan fingerprint density at radius 3 is 2.25 bits per heavy atom. The maximum Gasteiger partial charge on any atom is 0.264 e. The first-order valence-corrected chi connectivity index (χ1v) is 12.2. The molecular weight excluding hydrogens is 420 g/mol. The molecule has 0 aromatic heterocycles. The van der Waals surface area contributed by atoms with Gasteiger partial charge in [-0.2, -0.15) is 0 Å². The number of amides is 1. The van der Waals surface area contributed by atoms with Crippen molar-refractivity contribution in [1.82, 2.24) is 4.90 Å². The molecule has 3 aromatic rings. The van der Waals surface area contributed by atoms with Gasteiger partial charge < -0.3 is 4.90 Å². The molecule has 0 N–H and O–H groups in total. The summed E-state index contributed by atoms with van der Waals surface area (Å²) in [4.78, 5) is 15.0. The van der Waals surface area contributed by atoms with E-state index in [2.05, 4.69) is 18.2 Å². The molecule has 0 aliphatic carbocycles. The Balaban J connectivity index is 1.55. The third kappa shape index (κ3) is 4.46. The van der Waals surface area contributed by atoms with Crippen LogP contribution in [0.3, 0.4) is 0 Å². The molecule has 1 heterocycles. The van der Waals surface area contributed by atoms with Crippen LogP contribution >= 0.6 is 0 Å². The molecule has 0 radical (unpaired) electrons. The van der Waals surface area contributed by atoms with Gasteiger partial charge >= 0.3 is 0 Å². The fourth-order valence-corrected chi connectivity index (χ4v) is 5.47. The minimum absolute atomic E-state index is 0.117. The number of nitrogens with zero attached hydrogens (tertiary/aromatic N) is 2. The lowest BCUT2D eigenvalue weighted by Gasteiger charge is -2.27. The van der Waals surface area contributed by atoms with Gasteiger partial charge in [-0.25, -0.2) is 8.42 Å². The molecule has 0 fully saturated rings. The SMILES string of the molecule is CCN(c1ccccc1)S(=O)(=O)c1cccc(C(=O)N2CC=C(c3ccccc3)CC2)c1. The van der Waals surface area contributed by atoms with Gasteiger partial charge in [0.2, 0.25) is 0 Å². The predicted molar refractivity (Wildman–Crippen MR) is 128 cm³/mol. The Morgan fingerprint density at radius 2 is 1.62 bits per heavy atom. The van der Waals surface area contributed by atoms with E-state index in [1.807, 2.05) is 24.3 Å². The van der Waals surface area contributed by atoms with E-state index < -0.39 is 10.0 Å². The van der Waals surface area contributed by atoms with Gasteiger partial charge in [-0.3, -0.25) is 9.10 Å². The number of sulfonamides is 1. The number of para-hydroxylation sites is 1. The van der Waals surface area contributed by atoms with E-state index in [0.717, 1.165) is 6.42 Å². The van der Waals surface area contributed by atoms with Gasteiger partial charge in [0.1, 0.15) is 0 Å². The zero-order chi connectivity index (χ0) is 22.6. The minimum atomic E-state index is -3.79. The second-order valence-electron chi connectivity index (χ2n) is 7.63. The van der Waals surface area contributed by atoms with E-state index in [1.165, 1.54) is 21.5 Å². The first-order chi connectivity index (χ1) is 15.5. The van der Waals surface area contributed by atoms with Gasteiger partial charge in [-0.05, 0) is 54.8 Å². The average molecular weight is 447 g/mol. The molecule has 5 nitrogen and oxygen atoms in total. The summed E-state index contributed by atoms with van der Waals surface area (Å²) in [5.41, 5.74) is 3.38. The molecule has 6 heteroatoms. The molecule has 3 aromatic carbocycles. The second kappa shape index (κ2) is 9.40. The van der Waals surface area contributed by atoms with Crippen molar-refractivity contribution in [3.63, 3.8) is 0 Å². The van der Waals surface area contributed by atoms with Crippen molar-refractivity contribution >= 4 is 27.2 Å². The predicted octanol–water partition coefficient (Wildman–Crippen LogP) is 4.83. The van der Waals surface area contributed by atoms with Gasteiger partial charge in [-0.15, -0.1) is 0 Å². The van der Waals surface area contributed by atoms with Crippen LogP contribution in [-0.2, 0) is 10.0 Å². The van der Waals surface area contributed by atoms with Crippen LogP contribution in [0.15, 0.2) is 95.9 Å². The molecule has 0 bridgehead atoms. The molecule has 1 aliphatic heterocycles. The van der Waals surface area contributed by atoms with Crippen molar-refractivity contribution in [3.8, 4) is 0 Å². The van der Waals surface area contributed by atoms with Crippen LogP contribution in [0.4, 0.5) is 5.69 Å². The van der Waals surface area contributed by atoms with E-state index in [4.69, 9.17) is 0 Å². The van der Waals surface area contributed by atoms with E-state index in [-0.39, 0.29) is 10.8 Å². The van der Waals surface area contributed by atoms with E-state index in [1.54, 1.807) is 54.3 Å². The fraction of sp³-hybridized carbons (Fsp3) is 0.192. The Hall–Kier alpha value is -3.38. The van der Waals surface area contributed by atoms with Crippen LogP contribution in [0.1, 0.15) is 29.3 Å². The molecular formula is C26H26N2O3S. The highest BCUT2D eigenvalue weighted by molar-refractivity contribution is 7.92. The lowest BCUT2D eigenvalue weighted by Crippen LogP contribution is -2.35. The average Bonchev–Trinajstić information content (AvgIpc) is 2.85. The van der Waals surface area contributed by atoms with Crippen LogP contribution in [0.5, 0.6) is 0 Å². The molecule has 0 unspecified atom stereocenters. The maximum absolute atomic E-state index is 13.3. The van der Waals surface area contributed by atoms with Crippen LogP contribution in [0, 0.1) is 0 Å². The van der Waals surface area contributed by atoms with Crippen LogP contribution in [-0.4, -0.2) is 38.9 Å². The summed E-state index contributed by atoms with van der Waals surface area (Å²) in [6.45, 7) is 3.19. The van der Waals surface area contributed by atoms with Crippen molar-refractivity contribution in [2.24, 2.45) is 0 Å². The first-order valence-electron chi connectivity index (χ1n) is 10.7. The molecule has 32 heavy (non-hydrogen) atoms. The third-order valence-electron chi connectivity index (χ3n) is 5.64. The number of anilines is 1. The van der Waals surface area contributed by atoms with Crippen molar-refractivity contribution in [3.05, 3.63) is 102 Å². The van der Waals surface area contributed by atoms with Gasteiger partial charge in [0.25, 0.3) is 15.9 Å². The zero-order valence-corrected chi connectivity index (χ0v) is 18.8. The van der Waals surface area contributed by atoms with Crippen molar-refractivity contribution < 1.29 is 13.2 Å². The Bertz CT molecular complexity index is 1220. The monoisotopic (exact) mass is 446 g/mol. The Morgan fingerprint density at radius 1 is 0.938 bits per heavy atom. The first kappa shape index (κ1) is 21.8. The standard InChI is InChI=1S/C26H26N2O3S/c1-2-28(24-13-7-4-8-14-24)32(30,31)25-15-9-12-23(20-25)26(29)27-18-16-22(17-19-27)21-10-5-3-6-11-21/h3-16,20H,2,17-19H2,1H3. The highest BCUT2D eigenvalue weighted by Crippen LogP contribution is 2.26. The lowest BCUT2D eigenvalue weighted by molar-refractivity contribution is 0.0772. The summed E-state index contributed by atoms with van der Waals surface area (Å²) in [6, 6.07) is 25.5. The smallest absolute Gasteiger partial charge is 0.264 e. The van der Waals surface area contributed by atoms with Crippen LogP contribution < -0.4 is 4.31 Å². The van der Waals surface area contributed by atoms with Crippen LogP contribution in [0.25, 0.3) is 5.57 Å². The molecule has 1 amide bonds. The highest BCUT2D eigenvalue weighted by atomic mass is 32.2. The Labute approximate surface area is 189 Å². The van der Waals surface area contributed by atoms with Crippen LogP contribution in [0.2, 0.25) is 0 Å². The van der Waals surface area contributed by atoms with Crippen molar-refractivity contribution in [1.29, 1.82) is 0 Å². The summed E-state index contributed by atoms with van der Waals surface area (Å²) in [5.74, 6) is -0.159. The van der Waals surface area contributed by atoms with Crippen molar-refractivity contribution in [2.75, 3.05) is 23.9 Å². The van der Waals surface area contributed by atoms with Gasteiger partial charge in [0.05, 0.1) is 10.6 Å². The fourth-order valence-electron chi connectivity index (χ4n) is 3.95. The molecule has 0 spiro atoms. The molecule has 4 rings (SSSR count). The van der Waals surface area contributed by atoms with Gasteiger partial charge in [0.15, 0.2) is 0 Å². The van der Waals surface area contributed by atoms with E-state index >= 15 is 0 Å². The minimum Gasteiger partial charge on any atom is -0.335 e.